The van der Waals surface area contributed by atoms with Crippen LogP contribution in [-0.2, 0) is 10.0 Å². The summed E-state index contributed by atoms with van der Waals surface area (Å²) in [6, 6.07) is 3.36. The van der Waals surface area contributed by atoms with E-state index in [1.54, 1.807) is 0 Å². The van der Waals surface area contributed by atoms with Crippen molar-refractivity contribution in [3.8, 4) is 0 Å². The van der Waals surface area contributed by atoms with Crippen LogP contribution in [0.2, 0.25) is 0 Å². The smallest absolute Gasteiger partial charge is 0.258 e. The molecule has 20 heavy (non-hydrogen) atoms. The fourth-order valence-electron chi connectivity index (χ4n) is 1.29. The molecule has 6 nitrogen and oxygen atoms in total. The first-order valence-corrected chi connectivity index (χ1v) is 7.92. The van der Waals surface area contributed by atoms with Gasteiger partial charge in [0.05, 0.1) is 9.82 Å². The highest BCUT2D eigenvalue weighted by molar-refractivity contribution is 8.10. The van der Waals surface area contributed by atoms with Gasteiger partial charge < -0.3 is 0 Å². The van der Waals surface area contributed by atoms with Crippen molar-refractivity contribution in [3.63, 3.8) is 0 Å². The second-order valence-electron chi connectivity index (χ2n) is 3.66. The first-order valence-electron chi connectivity index (χ1n) is 4.95. The van der Waals surface area contributed by atoms with E-state index >= 15 is 0 Å². The molecule has 112 valence electrons. The van der Waals surface area contributed by atoms with E-state index in [2.05, 4.69) is 0 Å². The molecule has 0 spiro atoms. The highest BCUT2D eigenvalue weighted by Gasteiger charge is 2.33. The van der Waals surface area contributed by atoms with E-state index in [0.29, 0.717) is 9.27 Å². The first kappa shape index (κ1) is 17.4. The Labute approximate surface area is 129 Å². The number of nitrogens with zero attached hydrogens (tertiary/aromatic N) is 2. The lowest BCUT2D eigenvalue weighted by Gasteiger charge is -2.19. The largest absolute Gasteiger partial charge is 0.319 e. The van der Waals surface area contributed by atoms with Crippen LogP contribution in [-0.4, -0.2) is 28.0 Å². The van der Waals surface area contributed by atoms with E-state index in [-0.39, 0.29) is 22.5 Å². The van der Waals surface area contributed by atoms with Crippen LogP contribution in [0.4, 0.5) is 10.1 Å². The third kappa shape index (κ3) is 4.19. The Morgan fingerprint density at radius 2 is 2.00 bits per heavy atom. The van der Waals surface area contributed by atoms with E-state index in [0.717, 1.165) is 13.1 Å². The van der Waals surface area contributed by atoms with Crippen LogP contribution in [0.1, 0.15) is 5.56 Å². The molecule has 0 radical (unpaired) electrons. The molecule has 0 saturated carbocycles. The van der Waals surface area contributed by atoms with Crippen LogP contribution in [0, 0.1) is 17.0 Å². The number of rotatable bonds is 5. The van der Waals surface area contributed by atoms with Crippen LogP contribution in [0.25, 0.3) is 0 Å². The average Bonchev–Trinajstić information content (AvgIpc) is 2.26. The van der Waals surface area contributed by atoms with E-state index < -0.39 is 18.9 Å². The van der Waals surface area contributed by atoms with Crippen LogP contribution in [0.15, 0.2) is 23.1 Å². The molecule has 0 aliphatic rings. The normalized spacial score (nSPS) is 12.7. The third-order valence-corrected chi connectivity index (χ3v) is 5.46. The van der Waals surface area contributed by atoms with Crippen LogP contribution >= 0.6 is 35.1 Å². The Bertz CT molecular complexity index is 633. The standard InChI is InChI=1S/C9H9Cl2FN2O4S2/c1-6-3-4-7(5-8(6)14(15)16)20(17,18)13(2)19-9(10,11)12/h3-5H,1-2H3. The first-order chi connectivity index (χ1) is 8.95. The van der Waals surface area contributed by atoms with Crippen LogP contribution in [0.3, 0.4) is 0 Å². The summed E-state index contributed by atoms with van der Waals surface area (Å²) in [4.78, 5) is 9.73. The summed E-state index contributed by atoms with van der Waals surface area (Å²) in [7, 11) is -3.13. The number of nitro benzene ring substituents is 1. The molecule has 0 atom stereocenters. The summed E-state index contributed by atoms with van der Waals surface area (Å²) >= 11 is 10.2. The average molecular weight is 363 g/mol. The van der Waals surface area contributed by atoms with Gasteiger partial charge in [-0.3, -0.25) is 10.1 Å². The van der Waals surface area contributed by atoms with Gasteiger partial charge in [-0.2, -0.15) is 4.39 Å². The van der Waals surface area contributed by atoms with Crippen molar-refractivity contribution >= 4 is 50.9 Å². The van der Waals surface area contributed by atoms with Crippen molar-refractivity contribution in [3.05, 3.63) is 33.9 Å². The van der Waals surface area contributed by atoms with Crippen LogP contribution in [0.5, 0.6) is 0 Å². The molecule has 1 aromatic carbocycles. The quantitative estimate of drug-likeness (QED) is 0.347. The van der Waals surface area contributed by atoms with Crippen molar-refractivity contribution in [2.24, 2.45) is 0 Å². The molecule has 0 amide bonds. The van der Waals surface area contributed by atoms with Crippen molar-refractivity contribution in [2.45, 2.75) is 15.7 Å². The fourth-order valence-corrected chi connectivity index (χ4v) is 4.20. The van der Waals surface area contributed by atoms with Crippen molar-refractivity contribution in [1.29, 1.82) is 0 Å². The number of sulfonamides is 1. The maximum absolute atomic E-state index is 13.0. The van der Waals surface area contributed by atoms with Gasteiger partial charge in [-0.15, -0.1) is 3.71 Å². The number of halogens is 3. The fraction of sp³-hybridized carbons (Fsp3) is 0.333. The Balaban J connectivity index is 3.23. The van der Waals surface area contributed by atoms with Crippen molar-refractivity contribution in [2.75, 3.05) is 7.05 Å². The highest BCUT2D eigenvalue weighted by Crippen LogP contribution is 2.40. The van der Waals surface area contributed by atoms with Gasteiger partial charge in [0, 0.05) is 30.6 Å². The lowest BCUT2D eigenvalue weighted by molar-refractivity contribution is -0.385. The highest BCUT2D eigenvalue weighted by atomic mass is 35.5. The molecule has 0 aliphatic heterocycles. The van der Waals surface area contributed by atoms with Gasteiger partial charge in [0.1, 0.15) is 0 Å². The van der Waals surface area contributed by atoms with Crippen LogP contribution < -0.4 is 0 Å². The molecule has 0 aliphatic carbocycles. The van der Waals surface area contributed by atoms with Gasteiger partial charge >= 0.3 is 3.92 Å². The maximum atomic E-state index is 13.0. The predicted octanol–water partition coefficient (Wildman–Crippen LogP) is 3.23. The zero-order valence-electron chi connectivity index (χ0n) is 10.2. The molecular weight excluding hydrogens is 354 g/mol. The van der Waals surface area contributed by atoms with E-state index in [1.807, 2.05) is 0 Å². The Morgan fingerprint density at radius 1 is 1.45 bits per heavy atom. The van der Waals surface area contributed by atoms with E-state index in [9.17, 15) is 22.9 Å². The van der Waals surface area contributed by atoms with Gasteiger partial charge in [0.15, 0.2) is 0 Å². The Morgan fingerprint density at radius 3 is 2.45 bits per heavy atom. The zero-order valence-corrected chi connectivity index (χ0v) is 13.4. The summed E-state index contributed by atoms with van der Waals surface area (Å²) in [6.07, 6.45) is 0. The summed E-state index contributed by atoms with van der Waals surface area (Å²) in [5.41, 5.74) is -0.0495. The minimum atomic E-state index is -4.16. The molecule has 0 bridgehead atoms. The van der Waals surface area contributed by atoms with Gasteiger partial charge in [-0.1, -0.05) is 29.3 Å². The molecule has 0 heterocycles. The minimum absolute atomic E-state index is 0.0167. The number of nitro groups is 1. The molecule has 0 unspecified atom stereocenters. The summed E-state index contributed by atoms with van der Waals surface area (Å²) in [5.74, 6) is 0. The Kier molecular flexibility index (Phi) is 5.25. The zero-order chi connectivity index (χ0) is 15.7. The lowest BCUT2D eigenvalue weighted by Crippen LogP contribution is -2.23. The molecule has 1 aromatic rings. The molecule has 0 aromatic heterocycles. The second kappa shape index (κ2) is 6.02. The predicted molar refractivity (Wildman–Crippen MR) is 75.9 cm³/mol. The van der Waals surface area contributed by atoms with Crippen molar-refractivity contribution in [1.82, 2.24) is 3.71 Å². The van der Waals surface area contributed by atoms with Gasteiger partial charge in [0.25, 0.3) is 15.7 Å². The van der Waals surface area contributed by atoms with E-state index in [4.69, 9.17) is 23.2 Å². The second-order valence-corrected chi connectivity index (χ2v) is 8.83. The number of hydrogen-bond donors (Lipinski definition) is 0. The molecule has 0 N–H and O–H groups in total. The lowest BCUT2D eigenvalue weighted by atomic mass is 10.2. The Hall–Kier alpha value is -0.610. The molecule has 0 saturated heterocycles. The van der Waals surface area contributed by atoms with Gasteiger partial charge in [0.2, 0.25) is 0 Å². The summed E-state index contributed by atoms with van der Waals surface area (Å²) in [6.45, 7) is 1.47. The number of hydrogen-bond acceptors (Lipinski definition) is 5. The van der Waals surface area contributed by atoms with Crippen molar-refractivity contribution < 1.29 is 17.7 Å². The summed E-state index contributed by atoms with van der Waals surface area (Å²) < 4.78 is 34.9. The number of aryl methyl sites for hydroxylation is 1. The molecule has 11 heteroatoms. The molecular formula is C9H9Cl2FN2O4S2. The number of alkyl halides is 3. The molecule has 0 fully saturated rings. The molecule has 1 rings (SSSR count). The van der Waals surface area contributed by atoms with E-state index in [1.165, 1.54) is 19.1 Å². The topological polar surface area (TPSA) is 80.5 Å². The van der Waals surface area contributed by atoms with Gasteiger partial charge in [-0.05, 0) is 13.0 Å². The monoisotopic (exact) mass is 362 g/mol. The third-order valence-electron chi connectivity index (χ3n) is 2.25. The summed E-state index contributed by atoms with van der Waals surface area (Å²) in [5, 5.41) is 10.8. The number of benzene rings is 1. The van der Waals surface area contributed by atoms with Gasteiger partial charge in [-0.25, -0.2) is 8.42 Å². The SMILES string of the molecule is Cc1ccc(S(=O)(=O)N(C)SC(F)(Cl)Cl)cc1[N+](=O)[O-]. The minimum Gasteiger partial charge on any atom is -0.258 e. The maximum Gasteiger partial charge on any atom is 0.319 e.